The number of benzene rings is 3. The number of nitrogens with zero attached hydrogens (tertiary/aromatic N) is 1. The molecule has 0 aromatic heterocycles. The van der Waals surface area contributed by atoms with Crippen LogP contribution in [-0.4, -0.2) is 31.7 Å². The lowest BCUT2D eigenvalue weighted by molar-refractivity contribution is -0.120. The molecule has 1 fully saturated rings. The normalized spacial score (nSPS) is 13.0. The Hall–Kier alpha value is -3.78. The molecule has 0 atom stereocenters. The first kappa shape index (κ1) is 18.6. The van der Waals surface area contributed by atoms with Gasteiger partial charge >= 0.3 is 6.09 Å². The zero-order chi connectivity index (χ0) is 20.1. The number of fused-ring (bicyclic) bond motifs is 1. The van der Waals surface area contributed by atoms with Crippen LogP contribution < -0.4 is 10.2 Å². The highest BCUT2D eigenvalue weighted by atomic mass is 16.6. The van der Waals surface area contributed by atoms with Gasteiger partial charge in [-0.2, -0.15) is 0 Å². The molecule has 0 unspecified atom stereocenters. The molecule has 1 saturated heterocycles. The summed E-state index contributed by atoms with van der Waals surface area (Å²) in [6, 6.07) is 21.4. The summed E-state index contributed by atoms with van der Waals surface area (Å²) in [5.41, 5.74) is 2.62. The van der Waals surface area contributed by atoms with Crippen molar-refractivity contribution in [3.05, 3.63) is 77.9 Å². The summed E-state index contributed by atoms with van der Waals surface area (Å²) in [5, 5.41) is 5.07. The molecule has 1 aliphatic heterocycles. The number of ether oxygens (including phenoxy) is 1. The van der Waals surface area contributed by atoms with E-state index in [1.54, 1.807) is 4.90 Å². The molecule has 3 aromatic carbocycles. The summed E-state index contributed by atoms with van der Waals surface area (Å²) in [5.74, 6) is 5.93. The second-order valence-corrected chi connectivity index (χ2v) is 6.71. The molecule has 4 rings (SSSR count). The van der Waals surface area contributed by atoms with Crippen molar-refractivity contribution in [3.63, 3.8) is 0 Å². The summed E-state index contributed by atoms with van der Waals surface area (Å²) in [6.45, 7) is 1.26. The molecule has 0 spiro atoms. The van der Waals surface area contributed by atoms with E-state index in [0.29, 0.717) is 19.6 Å². The van der Waals surface area contributed by atoms with Crippen LogP contribution in [0, 0.1) is 11.8 Å². The van der Waals surface area contributed by atoms with Crippen molar-refractivity contribution in [2.75, 3.05) is 24.6 Å². The zero-order valence-corrected chi connectivity index (χ0v) is 15.9. The van der Waals surface area contributed by atoms with Crippen molar-refractivity contribution in [2.24, 2.45) is 0 Å². The van der Waals surface area contributed by atoms with Crippen molar-refractivity contribution in [2.45, 2.75) is 6.42 Å². The lowest BCUT2D eigenvalue weighted by atomic mass is 10.0. The largest absolute Gasteiger partial charge is 0.447 e. The third-order valence-electron chi connectivity index (χ3n) is 4.78. The quantitative estimate of drug-likeness (QED) is 0.701. The van der Waals surface area contributed by atoms with Crippen LogP contribution in [0.4, 0.5) is 10.5 Å². The van der Waals surface area contributed by atoms with Crippen molar-refractivity contribution < 1.29 is 14.3 Å². The third kappa shape index (κ3) is 4.39. The molecule has 0 aliphatic carbocycles. The van der Waals surface area contributed by atoms with Gasteiger partial charge in [-0.25, -0.2) is 4.79 Å². The first-order valence-corrected chi connectivity index (χ1v) is 9.47. The fourth-order valence-corrected chi connectivity index (χ4v) is 3.32. The summed E-state index contributed by atoms with van der Waals surface area (Å²) in [7, 11) is 0. The van der Waals surface area contributed by atoms with Crippen molar-refractivity contribution in [1.82, 2.24) is 5.32 Å². The predicted molar refractivity (Wildman–Crippen MR) is 113 cm³/mol. The summed E-state index contributed by atoms with van der Waals surface area (Å²) < 4.78 is 4.94. The SMILES string of the molecule is O=C(Cc1cccc2ccccc12)NCC#Cc1ccc(N2CCOC2=O)cc1. The monoisotopic (exact) mass is 384 g/mol. The van der Waals surface area contributed by atoms with Crippen molar-refractivity contribution >= 4 is 28.5 Å². The van der Waals surface area contributed by atoms with Gasteiger partial charge in [0.1, 0.15) is 6.61 Å². The fourth-order valence-electron chi connectivity index (χ4n) is 3.32. The van der Waals surface area contributed by atoms with Crippen LogP contribution in [0.3, 0.4) is 0 Å². The number of carbonyl (C=O) groups is 2. The molecule has 0 saturated carbocycles. The van der Waals surface area contributed by atoms with E-state index in [1.165, 1.54) is 0 Å². The lowest BCUT2D eigenvalue weighted by Crippen LogP contribution is -2.25. The van der Waals surface area contributed by atoms with E-state index in [4.69, 9.17) is 4.74 Å². The third-order valence-corrected chi connectivity index (χ3v) is 4.78. The molecule has 29 heavy (non-hydrogen) atoms. The number of hydrogen-bond acceptors (Lipinski definition) is 3. The maximum Gasteiger partial charge on any atom is 0.414 e. The maximum absolute atomic E-state index is 12.3. The van der Waals surface area contributed by atoms with Gasteiger partial charge in [0.15, 0.2) is 0 Å². The maximum atomic E-state index is 12.3. The Morgan fingerprint density at radius 1 is 1.03 bits per heavy atom. The first-order chi connectivity index (χ1) is 14.2. The van der Waals surface area contributed by atoms with E-state index in [1.807, 2.05) is 66.7 Å². The second kappa shape index (κ2) is 8.49. The first-order valence-electron chi connectivity index (χ1n) is 9.47. The highest BCUT2D eigenvalue weighted by molar-refractivity contribution is 5.90. The Morgan fingerprint density at radius 3 is 2.62 bits per heavy atom. The van der Waals surface area contributed by atoms with Gasteiger partial charge in [-0.05, 0) is 40.6 Å². The Morgan fingerprint density at radius 2 is 1.83 bits per heavy atom. The van der Waals surface area contributed by atoms with E-state index in [-0.39, 0.29) is 18.5 Å². The summed E-state index contributed by atoms with van der Waals surface area (Å²) in [6.07, 6.45) is 0.00154. The number of rotatable bonds is 4. The van der Waals surface area contributed by atoms with Crippen LogP contribution in [0.15, 0.2) is 66.7 Å². The van der Waals surface area contributed by atoms with E-state index in [0.717, 1.165) is 27.6 Å². The molecule has 3 aromatic rings. The molecule has 2 amide bonds. The van der Waals surface area contributed by atoms with Crippen LogP contribution >= 0.6 is 0 Å². The number of anilines is 1. The minimum atomic E-state index is -0.322. The Bertz CT molecular complexity index is 1100. The van der Waals surface area contributed by atoms with E-state index in [9.17, 15) is 9.59 Å². The number of cyclic esters (lactones) is 1. The topological polar surface area (TPSA) is 58.6 Å². The average Bonchev–Trinajstić information content (AvgIpc) is 3.18. The van der Waals surface area contributed by atoms with Crippen LogP contribution in [0.1, 0.15) is 11.1 Å². The predicted octanol–water partition coefficient (Wildman–Crippen LogP) is 3.51. The van der Waals surface area contributed by atoms with E-state index in [2.05, 4.69) is 17.2 Å². The molecule has 5 heteroatoms. The molecular weight excluding hydrogens is 364 g/mol. The van der Waals surface area contributed by atoms with Gasteiger partial charge in [-0.15, -0.1) is 0 Å². The van der Waals surface area contributed by atoms with Crippen LogP contribution in [-0.2, 0) is 16.0 Å². The number of nitrogens with one attached hydrogen (secondary N) is 1. The van der Waals surface area contributed by atoms with Gasteiger partial charge in [-0.1, -0.05) is 54.3 Å². The van der Waals surface area contributed by atoms with Gasteiger partial charge in [0, 0.05) is 11.3 Å². The minimum Gasteiger partial charge on any atom is -0.447 e. The molecule has 1 aliphatic rings. The number of amides is 2. The van der Waals surface area contributed by atoms with Crippen LogP contribution in [0.2, 0.25) is 0 Å². The van der Waals surface area contributed by atoms with Gasteiger partial charge < -0.3 is 10.1 Å². The molecular formula is C24H20N2O3. The highest BCUT2D eigenvalue weighted by Crippen LogP contribution is 2.19. The molecule has 0 bridgehead atoms. The smallest absolute Gasteiger partial charge is 0.414 e. The Kier molecular flexibility index (Phi) is 5.44. The van der Waals surface area contributed by atoms with Gasteiger partial charge in [-0.3, -0.25) is 9.69 Å². The Balaban J connectivity index is 1.32. The van der Waals surface area contributed by atoms with Gasteiger partial charge in [0.25, 0.3) is 0 Å². The highest BCUT2D eigenvalue weighted by Gasteiger charge is 2.23. The molecule has 1 N–H and O–H groups in total. The van der Waals surface area contributed by atoms with Gasteiger partial charge in [0.05, 0.1) is 19.5 Å². The van der Waals surface area contributed by atoms with E-state index >= 15 is 0 Å². The number of hydrogen-bond donors (Lipinski definition) is 1. The molecule has 0 radical (unpaired) electrons. The second-order valence-electron chi connectivity index (χ2n) is 6.71. The number of carbonyl (C=O) groups excluding carboxylic acids is 2. The molecule has 5 nitrogen and oxygen atoms in total. The van der Waals surface area contributed by atoms with E-state index < -0.39 is 0 Å². The zero-order valence-electron chi connectivity index (χ0n) is 15.9. The van der Waals surface area contributed by atoms with Crippen LogP contribution in [0.5, 0.6) is 0 Å². The lowest BCUT2D eigenvalue weighted by Gasteiger charge is -2.11. The van der Waals surface area contributed by atoms with Crippen LogP contribution in [0.25, 0.3) is 10.8 Å². The molecule has 1 heterocycles. The average molecular weight is 384 g/mol. The fraction of sp³-hybridized carbons (Fsp3) is 0.167. The minimum absolute atomic E-state index is 0.0569. The summed E-state index contributed by atoms with van der Waals surface area (Å²) >= 11 is 0. The Labute approximate surface area is 169 Å². The summed E-state index contributed by atoms with van der Waals surface area (Å²) in [4.78, 5) is 25.4. The van der Waals surface area contributed by atoms with Crippen molar-refractivity contribution in [1.29, 1.82) is 0 Å². The van der Waals surface area contributed by atoms with Crippen molar-refractivity contribution in [3.8, 4) is 11.8 Å². The standard InChI is InChI=1S/C24H20N2O3/c27-23(17-20-8-3-7-19-6-1-2-9-22(19)20)25-14-4-5-18-10-12-21(13-11-18)26-15-16-29-24(26)28/h1-3,6-13H,14-17H2,(H,25,27). The van der Waals surface area contributed by atoms with Gasteiger partial charge in [0.2, 0.25) is 5.91 Å². The molecule has 144 valence electrons.